The van der Waals surface area contributed by atoms with E-state index < -0.39 is 0 Å². The Labute approximate surface area is 135 Å². The molecule has 7 heteroatoms. The molecule has 0 radical (unpaired) electrons. The smallest absolute Gasteiger partial charge is 0.267 e. The normalized spacial score (nSPS) is 28.5. The van der Waals surface area contributed by atoms with Crippen LogP contribution in [-0.2, 0) is 15.9 Å². The van der Waals surface area contributed by atoms with E-state index in [1.165, 1.54) is 11.5 Å². The standard InChI is InChI=1S/C15H23N3O3S/c1-3-5-11-13(22-17-16-11)14(19)18-8-6-12(20-2)15(10-18)7-4-9-21-15/h12H,3-10H2,1-2H3/t12-,15-/m0/s1. The van der Waals surface area contributed by atoms with Gasteiger partial charge in [0.1, 0.15) is 10.5 Å². The summed E-state index contributed by atoms with van der Waals surface area (Å²) in [5.41, 5.74) is 0.499. The van der Waals surface area contributed by atoms with Gasteiger partial charge in [-0.1, -0.05) is 17.8 Å². The fourth-order valence-electron chi connectivity index (χ4n) is 3.56. The van der Waals surface area contributed by atoms with E-state index in [1.54, 1.807) is 7.11 Å². The van der Waals surface area contributed by atoms with Gasteiger partial charge in [0.25, 0.3) is 5.91 Å². The molecule has 2 atom stereocenters. The molecular weight excluding hydrogens is 302 g/mol. The lowest BCUT2D eigenvalue weighted by Gasteiger charge is -2.44. The lowest BCUT2D eigenvalue weighted by atomic mass is 9.86. The van der Waals surface area contributed by atoms with Gasteiger partial charge in [0.2, 0.25) is 0 Å². The van der Waals surface area contributed by atoms with Gasteiger partial charge in [0, 0.05) is 20.3 Å². The lowest BCUT2D eigenvalue weighted by molar-refractivity contribution is -0.137. The van der Waals surface area contributed by atoms with Crippen LogP contribution in [0.15, 0.2) is 0 Å². The number of methoxy groups -OCH3 is 1. The van der Waals surface area contributed by atoms with Gasteiger partial charge in [-0.15, -0.1) is 5.10 Å². The molecule has 122 valence electrons. The SMILES string of the molecule is CCCc1nnsc1C(=O)N1CC[C@H](OC)[C@]2(CCCO2)C1. The van der Waals surface area contributed by atoms with E-state index in [-0.39, 0.29) is 17.6 Å². The van der Waals surface area contributed by atoms with Gasteiger partial charge in [0.05, 0.1) is 18.3 Å². The molecule has 2 fully saturated rings. The largest absolute Gasteiger partial charge is 0.378 e. The van der Waals surface area contributed by atoms with Crippen LogP contribution >= 0.6 is 11.5 Å². The Morgan fingerprint density at radius 2 is 2.45 bits per heavy atom. The van der Waals surface area contributed by atoms with Gasteiger partial charge in [-0.3, -0.25) is 4.79 Å². The first-order chi connectivity index (χ1) is 10.7. The molecule has 0 aliphatic carbocycles. The van der Waals surface area contributed by atoms with Crippen LogP contribution in [0.25, 0.3) is 0 Å². The summed E-state index contributed by atoms with van der Waals surface area (Å²) in [4.78, 5) is 15.4. The van der Waals surface area contributed by atoms with Crippen molar-refractivity contribution in [3.05, 3.63) is 10.6 Å². The highest BCUT2D eigenvalue weighted by Crippen LogP contribution is 2.37. The van der Waals surface area contributed by atoms with Crippen LogP contribution in [0, 0.1) is 0 Å². The molecule has 0 bridgehead atoms. The number of piperidine rings is 1. The number of carbonyl (C=O) groups is 1. The van der Waals surface area contributed by atoms with Crippen LogP contribution in [0.4, 0.5) is 0 Å². The molecule has 6 nitrogen and oxygen atoms in total. The van der Waals surface area contributed by atoms with E-state index in [0.29, 0.717) is 18.0 Å². The number of rotatable bonds is 4. The van der Waals surface area contributed by atoms with Crippen LogP contribution in [0.2, 0.25) is 0 Å². The molecule has 2 aliphatic heterocycles. The Morgan fingerprint density at radius 3 is 3.14 bits per heavy atom. The third-order valence-electron chi connectivity index (χ3n) is 4.65. The Balaban J connectivity index is 1.77. The molecule has 0 N–H and O–H groups in total. The first-order valence-electron chi connectivity index (χ1n) is 7.97. The van der Waals surface area contributed by atoms with Crippen LogP contribution in [-0.4, -0.2) is 58.9 Å². The van der Waals surface area contributed by atoms with Gasteiger partial charge in [-0.2, -0.15) is 0 Å². The molecule has 0 saturated carbocycles. The number of carbonyl (C=O) groups excluding carboxylic acids is 1. The maximum Gasteiger partial charge on any atom is 0.267 e. The van der Waals surface area contributed by atoms with Crippen molar-refractivity contribution >= 4 is 17.4 Å². The molecule has 0 aromatic carbocycles. The highest BCUT2D eigenvalue weighted by molar-refractivity contribution is 7.08. The first-order valence-corrected chi connectivity index (χ1v) is 8.75. The number of aryl methyl sites for hydroxylation is 1. The van der Waals surface area contributed by atoms with E-state index in [1.807, 2.05) is 4.90 Å². The maximum absolute atomic E-state index is 12.9. The molecular formula is C15H23N3O3S. The fourth-order valence-corrected chi connectivity index (χ4v) is 4.24. The van der Waals surface area contributed by atoms with Gasteiger partial charge >= 0.3 is 0 Å². The molecule has 1 amide bonds. The molecule has 0 unspecified atom stereocenters. The number of hydrogen-bond donors (Lipinski definition) is 0. The van der Waals surface area contributed by atoms with Crippen molar-refractivity contribution in [3.63, 3.8) is 0 Å². The Kier molecular flexibility index (Phi) is 4.75. The molecule has 2 saturated heterocycles. The van der Waals surface area contributed by atoms with E-state index >= 15 is 0 Å². The third kappa shape index (κ3) is 2.77. The summed E-state index contributed by atoms with van der Waals surface area (Å²) in [6.45, 7) is 4.14. The van der Waals surface area contributed by atoms with E-state index in [2.05, 4.69) is 16.5 Å². The first kappa shape index (κ1) is 15.8. The maximum atomic E-state index is 12.9. The average molecular weight is 325 g/mol. The highest BCUT2D eigenvalue weighted by Gasteiger charge is 2.48. The van der Waals surface area contributed by atoms with E-state index in [4.69, 9.17) is 9.47 Å². The lowest BCUT2D eigenvalue weighted by Crippen LogP contribution is -2.58. The van der Waals surface area contributed by atoms with Crippen molar-refractivity contribution in [2.24, 2.45) is 0 Å². The van der Waals surface area contributed by atoms with Crippen molar-refractivity contribution in [3.8, 4) is 0 Å². The molecule has 1 aromatic rings. The summed E-state index contributed by atoms with van der Waals surface area (Å²) in [5, 5.41) is 4.11. The molecule has 3 rings (SSSR count). The van der Waals surface area contributed by atoms with Gasteiger partial charge < -0.3 is 14.4 Å². The number of aromatic nitrogens is 2. The molecule has 3 heterocycles. The summed E-state index contributed by atoms with van der Waals surface area (Å²) in [7, 11) is 1.73. The Morgan fingerprint density at radius 1 is 1.59 bits per heavy atom. The van der Waals surface area contributed by atoms with E-state index in [0.717, 1.165) is 44.4 Å². The molecule has 1 spiro atoms. The zero-order valence-electron chi connectivity index (χ0n) is 13.2. The van der Waals surface area contributed by atoms with Crippen molar-refractivity contribution < 1.29 is 14.3 Å². The minimum Gasteiger partial charge on any atom is -0.378 e. The number of ether oxygens (including phenoxy) is 2. The van der Waals surface area contributed by atoms with E-state index in [9.17, 15) is 4.79 Å². The summed E-state index contributed by atoms with van der Waals surface area (Å²) >= 11 is 1.20. The van der Waals surface area contributed by atoms with Gasteiger partial charge in [-0.25, -0.2) is 0 Å². The Hall–Kier alpha value is -1.05. The number of amides is 1. The third-order valence-corrected chi connectivity index (χ3v) is 5.40. The average Bonchev–Trinajstić information content (AvgIpc) is 3.17. The van der Waals surface area contributed by atoms with Crippen LogP contribution in [0.1, 0.15) is 48.0 Å². The zero-order chi connectivity index (χ0) is 15.6. The summed E-state index contributed by atoms with van der Waals surface area (Å²) < 4.78 is 15.6. The van der Waals surface area contributed by atoms with Crippen molar-refractivity contribution in [1.29, 1.82) is 0 Å². The van der Waals surface area contributed by atoms with Gasteiger partial charge in [-0.05, 0) is 37.2 Å². The monoisotopic (exact) mass is 325 g/mol. The predicted molar refractivity (Wildman–Crippen MR) is 83.1 cm³/mol. The van der Waals surface area contributed by atoms with Crippen molar-refractivity contribution in [1.82, 2.24) is 14.5 Å². The quantitative estimate of drug-likeness (QED) is 0.846. The molecule has 2 aliphatic rings. The Bertz CT molecular complexity index is 528. The minimum atomic E-state index is -0.328. The van der Waals surface area contributed by atoms with Crippen LogP contribution in [0.5, 0.6) is 0 Å². The van der Waals surface area contributed by atoms with Crippen LogP contribution < -0.4 is 0 Å². The van der Waals surface area contributed by atoms with Gasteiger partial charge in [0.15, 0.2) is 0 Å². The second-order valence-corrected chi connectivity index (χ2v) is 6.81. The predicted octanol–water partition coefficient (Wildman–Crippen LogP) is 1.90. The summed E-state index contributed by atoms with van der Waals surface area (Å²) in [5.74, 6) is 0.0443. The topological polar surface area (TPSA) is 64.6 Å². The molecule has 1 aromatic heterocycles. The zero-order valence-corrected chi connectivity index (χ0v) is 14.0. The van der Waals surface area contributed by atoms with Crippen molar-refractivity contribution in [2.75, 3.05) is 26.8 Å². The second-order valence-electron chi connectivity index (χ2n) is 6.06. The fraction of sp³-hybridized carbons (Fsp3) is 0.800. The highest BCUT2D eigenvalue weighted by atomic mass is 32.1. The summed E-state index contributed by atoms with van der Waals surface area (Å²) in [6.07, 6.45) is 4.65. The number of hydrogen-bond acceptors (Lipinski definition) is 6. The van der Waals surface area contributed by atoms with Crippen molar-refractivity contribution in [2.45, 2.75) is 50.7 Å². The minimum absolute atomic E-state index is 0.0443. The van der Waals surface area contributed by atoms with Crippen LogP contribution in [0.3, 0.4) is 0 Å². The summed E-state index contributed by atoms with van der Waals surface area (Å²) in [6, 6.07) is 0. The second kappa shape index (κ2) is 6.60. The number of likely N-dealkylation sites (tertiary alicyclic amines) is 1. The molecule has 22 heavy (non-hydrogen) atoms. The number of nitrogens with zero attached hydrogens (tertiary/aromatic N) is 3.